The second kappa shape index (κ2) is 6.07. The van der Waals surface area contributed by atoms with E-state index in [0.29, 0.717) is 19.3 Å². The quantitative estimate of drug-likeness (QED) is 0.795. The van der Waals surface area contributed by atoms with Crippen LogP contribution in [-0.2, 0) is 15.7 Å². The third-order valence-electron chi connectivity index (χ3n) is 5.14. The molecule has 1 aromatic heterocycles. The molecule has 1 fully saturated rings. The van der Waals surface area contributed by atoms with Gasteiger partial charge >= 0.3 is 12.1 Å². The highest BCUT2D eigenvalue weighted by Gasteiger charge is 2.43. The van der Waals surface area contributed by atoms with E-state index in [1.807, 2.05) is 0 Å². The number of nitrogens with zero attached hydrogens (tertiary/aromatic N) is 1. The van der Waals surface area contributed by atoms with Gasteiger partial charge in [-0.25, -0.2) is 4.79 Å². The molecule has 2 aliphatic rings. The van der Waals surface area contributed by atoms with E-state index in [0.717, 1.165) is 12.1 Å². The number of carbonyl (C=O) groups excluding carboxylic acids is 2. The SMILES string of the molecule is O=C(OC1=C(O)C2CCC(C2)C1=O)c1ccc(C(F)(F)F)c2ncccc12. The number of fused-ring (bicyclic) bond motifs is 3. The molecule has 140 valence electrons. The van der Waals surface area contributed by atoms with E-state index in [1.165, 1.54) is 18.3 Å². The Hall–Kier alpha value is -2.90. The van der Waals surface area contributed by atoms with Crippen LogP contribution in [-0.4, -0.2) is 21.8 Å². The number of carbonyl (C=O) groups is 2. The van der Waals surface area contributed by atoms with Crippen molar-refractivity contribution in [3.63, 3.8) is 0 Å². The van der Waals surface area contributed by atoms with Crippen LogP contribution in [0.1, 0.15) is 35.2 Å². The smallest absolute Gasteiger partial charge is 0.418 e. The van der Waals surface area contributed by atoms with Crippen LogP contribution in [0.5, 0.6) is 0 Å². The van der Waals surface area contributed by atoms with Gasteiger partial charge in [-0.1, -0.05) is 6.07 Å². The van der Waals surface area contributed by atoms with Crippen LogP contribution in [0.4, 0.5) is 13.2 Å². The molecule has 4 rings (SSSR count). The minimum Gasteiger partial charge on any atom is -0.508 e. The lowest BCUT2D eigenvalue weighted by Crippen LogP contribution is -2.25. The highest BCUT2D eigenvalue weighted by molar-refractivity contribution is 6.07. The standard InChI is InChI=1S/C19H14F3NO4/c20-19(21,22)13-6-5-12(11-2-1-7-23-14(11)13)18(26)27-17-15(24)9-3-4-10(8-9)16(17)25/h1-2,5-7,9-10,24H,3-4,8H2. The van der Waals surface area contributed by atoms with E-state index in [2.05, 4.69) is 4.98 Å². The van der Waals surface area contributed by atoms with Gasteiger partial charge in [0.05, 0.1) is 16.6 Å². The number of rotatable bonds is 2. The molecule has 2 atom stereocenters. The maximum Gasteiger partial charge on any atom is 0.418 e. The van der Waals surface area contributed by atoms with Crippen molar-refractivity contribution in [2.75, 3.05) is 0 Å². The topological polar surface area (TPSA) is 76.5 Å². The van der Waals surface area contributed by atoms with Gasteiger partial charge in [0.1, 0.15) is 5.76 Å². The second-order valence-corrected chi connectivity index (χ2v) is 6.73. The summed E-state index contributed by atoms with van der Waals surface area (Å²) in [6.45, 7) is 0. The van der Waals surface area contributed by atoms with Gasteiger partial charge in [0.25, 0.3) is 0 Å². The van der Waals surface area contributed by atoms with Crippen molar-refractivity contribution in [3.8, 4) is 0 Å². The van der Waals surface area contributed by atoms with Gasteiger partial charge < -0.3 is 9.84 Å². The molecule has 1 N–H and O–H groups in total. The second-order valence-electron chi connectivity index (χ2n) is 6.73. The third-order valence-corrected chi connectivity index (χ3v) is 5.14. The zero-order valence-electron chi connectivity index (χ0n) is 13.9. The van der Waals surface area contributed by atoms with Crippen LogP contribution in [0, 0.1) is 11.8 Å². The average molecular weight is 377 g/mol. The number of aromatic nitrogens is 1. The summed E-state index contributed by atoms with van der Waals surface area (Å²) in [5.41, 5.74) is -1.51. The summed E-state index contributed by atoms with van der Waals surface area (Å²) >= 11 is 0. The number of allylic oxidation sites excluding steroid dienone is 2. The first-order chi connectivity index (χ1) is 12.8. The Labute approximate surface area is 151 Å². The first-order valence-corrected chi connectivity index (χ1v) is 8.42. The number of aliphatic hydroxyl groups excluding tert-OH is 1. The van der Waals surface area contributed by atoms with E-state index >= 15 is 0 Å². The maximum absolute atomic E-state index is 13.2. The number of ether oxygens (including phenoxy) is 1. The van der Waals surface area contributed by atoms with Gasteiger partial charge in [0.15, 0.2) is 0 Å². The first-order valence-electron chi connectivity index (χ1n) is 8.42. The van der Waals surface area contributed by atoms with Crippen molar-refractivity contribution < 1.29 is 32.6 Å². The summed E-state index contributed by atoms with van der Waals surface area (Å²) in [5, 5.41) is 10.2. The normalized spacial score (nSPS) is 22.4. The number of benzene rings is 1. The van der Waals surface area contributed by atoms with Crippen LogP contribution in [0.15, 0.2) is 42.0 Å². The van der Waals surface area contributed by atoms with E-state index in [-0.39, 0.29) is 34.1 Å². The molecule has 2 unspecified atom stereocenters. The van der Waals surface area contributed by atoms with Gasteiger partial charge in [-0.2, -0.15) is 13.2 Å². The Morgan fingerprint density at radius 1 is 1.19 bits per heavy atom. The van der Waals surface area contributed by atoms with Crippen LogP contribution in [0.25, 0.3) is 10.9 Å². The van der Waals surface area contributed by atoms with Crippen LogP contribution in [0.2, 0.25) is 0 Å². The highest BCUT2D eigenvalue weighted by atomic mass is 19.4. The van der Waals surface area contributed by atoms with Crippen molar-refractivity contribution >= 4 is 22.7 Å². The molecule has 27 heavy (non-hydrogen) atoms. The van der Waals surface area contributed by atoms with Crippen LogP contribution < -0.4 is 0 Å². The third kappa shape index (κ3) is 2.85. The Balaban J connectivity index is 1.74. The molecule has 2 aromatic rings. The predicted octanol–water partition coefficient (Wildman–Crippen LogP) is 4.18. The molecule has 0 saturated heterocycles. The van der Waals surface area contributed by atoms with Crippen molar-refractivity contribution in [3.05, 3.63) is 53.1 Å². The summed E-state index contributed by atoms with van der Waals surface area (Å²) in [6.07, 6.45) is -1.66. The number of alkyl halides is 3. The zero-order valence-corrected chi connectivity index (χ0v) is 13.9. The van der Waals surface area contributed by atoms with Crippen LogP contribution >= 0.6 is 0 Å². The molecule has 5 nitrogen and oxygen atoms in total. The van der Waals surface area contributed by atoms with E-state index < -0.39 is 29.3 Å². The predicted molar refractivity (Wildman–Crippen MR) is 87.7 cm³/mol. The minimum atomic E-state index is -4.63. The molecule has 1 aromatic carbocycles. The van der Waals surface area contributed by atoms with Crippen LogP contribution in [0.3, 0.4) is 0 Å². The monoisotopic (exact) mass is 377 g/mol. The summed E-state index contributed by atoms with van der Waals surface area (Å²) in [4.78, 5) is 28.7. The fraction of sp³-hybridized carbons (Fsp3) is 0.316. The zero-order chi connectivity index (χ0) is 19.3. The number of hydrogen-bond acceptors (Lipinski definition) is 5. The molecule has 0 amide bonds. The number of esters is 1. The molecule has 0 spiro atoms. The fourth-order valence-electron chi connectivity index (χ4n) is 3.79. The lowest BCUT2D eigenvalue weighted by atomic mass is 9.91. The van der Waals surface area contributed by atoms with Crippen molar-refractivity contribution in [1.29, 1.82) is 0 Å². The lowest BCUT2D eigenvalue weighted by molar-refractivity contribution is -0.136. The lowest BCUT2D eigenvalue weighted by Gasteiger charge is -2.21. The number of halogens is 3. The number of Topliss-reactive ketones (excluding diaryl/α,β-unsaturated/α-hetero) is 1. The molecule has 0 radical (unpaired) electrons. The van der Waals surface area contributed by atoms with Gasteiger partial charge in [0.2, 0.25) is 11.5 Å². The van der Waals surface area contributed by atoms with Gasteiger partial charge in [-0.3, -0.25) is 9.78 Å². The minimum absolute atomic E-state index is 0.0383. The van der Waals surface area contributed by atoms with E-state index in [9.17, 15) is 27.9 Å². The fourth-order valence-corrected chi connectivity index (χ4v) is 3.79. The molecule has 8 heteroatoms. The van der Waals surface area contributed by atoms with Gasteiger partial charge in [0, 0.05) is 23.4 Å². The Morgan fingerprint density at radius 3 is 2.67 bits per heavy atom. The average Bonchev–Trinajstić information content (AvgIpc) is 3.09. The number of ketones is 1. The number of pyridine rings is 1. The van der Waals surface area contributed by atoms with E-state index in [1.54, 1.807) is 0 Å². The summed E-state index contributed by atoms with van der Waals surface area (Å²) < 4.78 is 44.7. The molecule has 1 saturated carbocycles. The Kier molecular flexibility index (Phi) is 3.94. The Bertz CT molecular complexity index is 996. The van der Waals surface area contributed by atoms with Gasteiger partial charge in [-0.05, 0) is 37.5 Å². The number of hydrogen-bond donors (Lipinski definition) is 1. The highest BCUT2D eigenvalue weighted by Crippen LogP contribution is 2.43. The molecule has 1 heterocycles. The molecule has 2 bridgehead atoms. The largest absolute Gasteiger partial charge is 0.508 e. The molecular formula is C19H14F3NO4. The van der Waals surface area contributed by atoms with Crippen molar-refractivity contribution in [2.45, 2.75) is 25.4 Å². The van der Waals surface area contributed by atoms with Crippen molar-refractivity contribution in [2.24, 2.45) is 11.8 Å². The molecule has 2 aliphatic carbocycles. The Morgan fingerprint density at radius 2 is 1.93 bits per heavy atom. The molecular weight excluding hydrogens is 363 g/mol. The summed E-state index contributed by atoms with van der Waals surface area (Å²) in [7, 11) is 0. The molecule has 0 aliphatic heterocycles. The first kappa shape index (κ1) is 17.5. The maximum atomic E-state index is 13.2. The summed E-state index contributed by atoms with van der Waals surface area (Å²) in [5.74, 6) is -2.60. The van der Waals surface area contributed by atoms with Crippen molar-refractivity contribution in [1.82, 2.24) is 4.98 Å². The number of aliphatic hydroxyl groups is 1. The summed E-state index contributed by atoms with van der Waals surface area (Å²) in [6, 6.07) is 4.48. The van der Waals surface area contributed by atoms with Gasteiger partial charge in [-0.15, -0.1) is 0 Å². The van der Waals surface area contributed by atoms with E-state index in [4.69, 9.17) is 4.74 Å².